The van der Waals surface area contributed by atoms with Crippen molar-refractivity contribution in [2.45, 2.75) is 26.9 Å². The lowest BCUT2D eigenvalue weighted by Crippen LogP contribution is -2.17. The van der Waals surface area contributed by atoms with Gasteiger partial charge in [0.05, 0.1) is 28.1 Å². The van der Waals surface area contributed by atoms with E-state index in [2.05, 4.69) is 33.1 Å². The molecule has 3 aromatic rings. The number of amides is 1. The summed E-state index contributed by atoms with van der Waals surface area (Å²) in [6.07, 6.45) is 1.55. The van der Waals surface area contributed by atoms with Gasteiger partial charge in [0.2, 0.25) is 0 Å². The molecule has 0 aromatic heterocycles. The average Bonchev–Trinajstić information content (AvgIpc) is 2.70. The molecular formula is C23H23IN2O4. The van der Waals surface area contributed by atoms with E-state index >= 15 is 0 Å². The molecule has 3 rings (SSSR count). The highest BCUT2D eigenvalue weighted by Crippen LogP contribution is 2.34. The van der Waals surface area contributed by atoms with Crippen LogP contribution in [0, 0.1) is 3.57 Å². The largest absolute Gasteiger partial charge is 0.507 e. The molecule has 0 fully saturated rings. The number of carbonyl (C=O) groups is 1. The number of rotatable bonds is 7. The molecule has 0 radical (unpaired) electrons. The number of hydrogen-bond acceptors (Lipinski definition) is 5. The third-order valence-corrected chi connectivity index (χ3v) is 4.97. The lowest BCUT2D eigenvalue weighted by atomic mass is 10.1. The standard InChI is InChI=1S/C23H23IN2O4/c1-4-29-21-10-15(9-19(24)22(21)30-14(2)3)13-25-26-23(28)18-11-16-7-5-6-8-17(16)12-20(18)27/h5-14,27H,4H2,1-3H3,(H,26,28). The molecule has 0 aliphatic carbocycles. The van der Waals surface area contributed by atoms with Gasteiger partial charge in [0.15, 0.2) is 11.5 Å². The Kier molecular flexibility index (Phi) is 7.15. The Hall–Kier alpha value is -2.81. The first-order valence-corrected chi connectivity index (χ1v) is 10.6. The number of hydrazone groups is 1. The van der Waals surface area contributed by atoms with Crippen LogP contribution in [-0.4, -0.2) is 29.9 Å². The summed E-state index contributed by atoms with van der Waals surface area (Å²) in [4.78, 5) is 12.5. The Morgan fingerprint density at radius 2 is 1.90 bits per heavy atom. The highest BCUT2D eigenvalue weighted by molar-refractivity contribution is 14.1. The van der Waals surface area contributed by atoms with Gasteiger partial charge in [-0.05, 0) is 84.0 Å². The smallest absolute Gasteiger partial charge is 0.275 e. The molecule has 2 N–H and O–H groups in total. The van der Waals surface area contributed by atoms with Crippen LogP contribution in [0.2, 0.25) is 0 Å². The summed E-state index contributed by atoms with van der Waals surface area (Å²) in [7, 11) is 0. The second-order valence-corrected chi connectivity index (χ2v) is 8.01. The number of carbonyl (C=O) groups excluding carboxylic acids is 1. The lowest BCUT2D eigenvalue weighted by Gasteiger charge is -2.16. The second-order valence-electron chi connectivity index (χ2n) is 6.85. The van der Waals surface area contributed by atoms with E-state index in [4.69, 9.17) is 9.47 Å². The Morgan fingerprint density at radius 3 is 2.57 bits per heavy atom. The lowest BCUT2D eigenvalue weighted by molar-refractivity contribution is 0.0952. The molecule has 3 aromatic carbocycles. The van der Waals surface area contributed by atoms with Crippen LogP contribution in [0.4, 0.5) is 0 Å². The van der Waals surface area contributed by atoms with Crippen molar-refractivity contribution >= 4 is 45.5 Å². The Labute approximate surface area is 189 Å². The van der Waals surface area contributed by atoms with Gasteiger partial charge in [0.1, 0.15) is 5.75 Å². The van der Waals surface area contributed by atoms with E-state index in [1.807, 2.05) is 57.2 Å². The Balaban J connectivity index is 1.79. The van der Waals surface area contributed by atoms with E-state index in [-0.39, 0.29) is 17.4 Å². The van der Waals surface area contributed by atoms with E-state index in [1.165, 1.54) is 6.21 Å². The van der Waals surface area contributed by atoms with E-state index in [0.29, 0.717) is 18.1 Å². The van der Waals surface area contributed by atoms with Gasteiger partial charge < -0.3 is 14.6 Å². The summed E-state index contributed by atoms with van der Waals surface area (Å²) in [6.45, 7) is 6.32. The zero-order valence-corrected chi connectivity index (χ0v) is 19.1. The monoisotopic (exact) mass is 518 g/mol. The molecule has 0 spiro atoms. The van der Waals surface area contributed by atoms with Crippen LogP contribution in [0.25, 0.3) is 10.8 Å². The van der Waals surface area contributed by atoms with Crippen LogP contribution in [0.5, 0.6) is 17.2 Å². The topological polar surface area (TPSA) is 80.2 Å². The number of aromatic hydroxyl groups is 1. The first-order chi connectivity index (χ1) is 14.4. The summed E-state index contributed by atoms with van der Waals surface area (Å²) >= 11 is 2.18. The summed E-state index contributed by atoms with van der Waals surface area (Å²) in [5, 5.41) is 15.9. The molecular weight excluding hydrogens is 495 g/mol. The van der Waals surface area contributed by atoms with Crippen LogP contribution in [0.15, 0.2) is 53.6 Å². The van der Waals surface area contributed by atoms with Gasteiger partial charge in [-0.15, -0.1) is 0 Å². The van der Waals surface area contributed by atoms with Crippen molar-refractivity contribution in [2.75, 3.05) is 6.61 Å². The number of benzene rings is 3. The van der Waals surface area contributed by atoms with Crippen molar-refractivity contribution in [2.24, 2.45) is 5.10 Å². The molecule has 7 heteroatoms. The number of hydrogen-bond donors (Lipinski definition) is 2. The molecule has 0 saturated carbocycles. The van der Waals surface area contributed by atoms with Gasteiger partial charge in [-0.25, -0.2) is 5.43 Å². The Morgan fingerprint density at radius 1 is 1.20 bits per heavy atom. The first-order valence-electron chi connectivity index (χ1n) is 9.57. The van der Waals surface area contributed by atoms with Crippen molar-refractivity contribution in [1.82, 2.24) is 5.43 Å². The summed E-state index contributed by atoms with van der Waals surface area (Å²) in [6, 6.07) is 14.4. The molecule has 0 unspecified atom stereocenters. The highest BCUT2D eigenvalue weighted by atomic mass is 127. The minimum atomic E-state index is -0.492. The van der Waals surface area contributed by atoms with Crippen LogP contribution >= 0.6 is 22.6 Å². The molecule has 156 valence electrons. The maximum atomic E-state index is 12.5. The zero-order chi connectivity index (χ0) is 21.7. The van der Waals surface area contributed by atoms with E-state index in [0.717, 1.165) is 19.9 Å². The van der Waals surface area contributed by atoms with Gasteiger partial charge in [-0.3, -0.25) is 4.79 Å². The quantitative estimate of drug-likeness (QED) is 0.259. The third-order valence-electron chi connectivity index (χ3n) is 4.17. The summed E-state index contributed by atoms with van der Waals surface area (Å²) < 4.78 is 12.4. The minimum Gasteiger partial charge on any atom is -0.507 e. The number of nitrogens with one attached hydrogen (secondary N) is 1. The maximum Gasteiger partial charge on any atom is 0.275 e. The summed E-state index contributed by atoms with van der Waals surface area (Å²) in [5.41, 5.74) is 3.38. The highest BCUT2D eigenvalue weighted by Gasteiger charge is 2.14. The molecule has 0 aliphatic heterocycles. The van der Waals surface area contributed by atoms with Crippen LogP contribution < -0.4 is 14.9 Å². The minimum absolute atomic E-state index is 0.0196. The normalized spacial score (nSPS) is 11.2. The van der Waals surface area contributed by atoms with Crippen molar-refractivity contribution in [3.05, 3.63) is 63.2 Å². The molecule has 0 aliphatic rings. The van der Waals surface area contributed by atoms with Gasteiger partial charge in [0.25, 0.3) is 5.91 Å². The van der Waals surface area contributed by atoms with E-state index in [9.17, 15) is 9.90 Å². The molecule has 0 saturated heterocycles. The van der Waals surface area contributed by atoms with Crippen LogP contribution in [0.1, 0.15) is 36.7 Å². The van der Waals surface area contributed by atoms with Crippen molar-refractivity contribution in [3.8, 4) is 17.2 Å². The fourth-order valence-corrected chi connectivity index (χ4v) is 3.66. The summed E-state index contributed by atoms with van der Waals surface area (Å²) in [5.74, 6) is 0.728. The number of halogens is 1. The Bertz CT molecular complexity index is 1100. The van der Waals surface area contributed by atoms with Gasteiger partial charge in [-0.2, -0.15) is 5.10 Å². The van der Waals surface area contributed by atoms with Crippen molar-refractivity contribution < 1.29 is 19.4 Å². The zero-order valence-electron chi connectivity index (χ0n) is 17.0. The van der Waals surface area contributed by atoms with Crippen LogP contribution in [-0.2, 0) is 0 Å². The SMILES string of the molecule is CCOc1cc(C=NNC(=O)c2cc3ccccc3cc2O)cc(I)c1OC(C)C. The number of fused-ring (bicyclic) bond motifs is 1. The predicted molar refractivity (Wildman–Crippen MR) is 127 cm³/mol. The maximum absolute atomic E-state index is 12.5. The molecule has 0 heterocycles. The van der Waals surface area contributed by atoms with Gasteiger partial charge in [-0.1, -0.05) is 24.3 Å². The van der Waals surface area contributed by atoms with Crippen LogP contribution in [0.3, 0.4) is 0 Å². The third kappa shape index (κ3) is 5.21. The molecule has 0 bridgehead atoms. The molecule has 0 atom stereocenters. The second kappa shape index (κ2) is 9.80. The fraction of sp³-hybridized carbons (Fsp3) is 0.217. The fourth-order valence-electron chi connectivity index (χ4n) is 2.91. The number of ether oxygens (including phenoxy) is 2. The first kappa shape index (κ1) is 21.9. The average molecular weight is 518 g/mol. The van der Waals surface area contributed by atoms with Gasteiger partial charge in [0, 0.05) is 0 Å². The number of phenols is 1. The predicted octanol–water partition coefficient (Wildman–Crippen LogP) is 5.10. The van der Waals surface area contributed by atoms with Gasteiger partial charge >= 0.3 is 0 Å². The molecule has 30 heavy (non-hydrogen) atoms. The molecule has 6 nitrogen and oxygen atoms in total. The van der Waals surface area contributed by atoms with Crippen molar-refractivity contribution in [3.63, 3.8) is 0 Å². The number of phenolic OH excluding ortho intramolecular Hbond substituents is 1. The number of nitrogens with zero attached hydrogens (tertiary/aromatic N) is 1. The van der Waals surface area contributed by atoms with E-state index < -0.39 is 5.91 Å². The van der Waals surface area contributed by atoms with E-state index in [1.54, 1.807) is 12.1 Å². The van der Waals surface area contributed by atoms with Crippen molar-refractivity contribution in [1.29, 1.82) is 0 Å². The molecule has 1 amide bonds.